The summed E-state index contributed by atoms with van der Waals surface area (Å²) in [5, 5.41) is 9.02. The summed E-state index contributed by atoms with van der Waals surface area (Å²) in [6.45, 7) is -2.89. The third-order valence-corrected chi connectivity index (χ3v) is 4.70. The second-order valence-corrected chi connectivity index (χ2v) is 6.75. The van der Waals surface area contributed by atoms with Gasteiger partial charge < -0.3 is 24.2 Å². The van der Waals surface area contributed by atoms with Crippen LogP contribution in [0.15, 0.2) is 54.6 Å². The standard InChI is InChI=1S/C21H21F2NO6/c22-20(23)28-13-17-10-18(30-21(27)29-12-14-4-2-1-3-5-14)11-24(17)16-8-6-15(7-9-16)19(25)26/h1-9,17-18,20H,10-13H2,(H,25,26)/t17-,18+/m0/s1. The molecule has 9 heteroatoms. The summed E-state index contributed by atoms with van der Waals surface area (Å²) in [5.41, 5.74) is 1.53. The first-order valence-corrected chi connectivity index (χ1v) is 9.29. The molecule has 0 aliphatic carbocycles. The van der Waals surface area contributed by atoms with Crippen LogP contribution in [0.4, 0.5) is 19.3 Å². The first-order chi connectivity index (χ1) is 14.4. The van der Waals surface area contributed by atoms with E-state index in [9.17, 15) is 18.4 Å². The number of halogens is 2. The molecule has 160 valence electrons. The maximum Gasteiger partial charge on any atom is 0.508 e. The molecule has 0 amide bonds. The lowest BCUT2D eigenvalue weighted by Crippen LogP contribution is -2.34. The van der Waals surface area contributed by atoms with Crippen LogP contribution in [0.3, 0.4) is 0 Å². The van der Waals surface area contributed by atoms with Crippen molar-refractivity contribution in [3.8, 4) is 0 Å². The first kappa shape index (κ1) is 21.5. The van der Waals surface area contributed by atoms with Gasteiger partial charge in [-0.3, -0.25) is 0 Å². The molecule has 0 bridgehead atoms. The average Bonchev–Trinajstić information content (AvgIpc) is 3.14. The number of nitrogens with zero attached hydrogens (tertiary/aromatic N) is 1. The fraction of sp³-hybridized carbons (Fsp3) is 0.333. The molecule has 0 saturated carbocycles. The van der Waals surface area contributed by atoms with Crippen LogP contribution in [-0.2, 0) is 20.8 Å². The minimum atomic E-state index is -2.92. The molecule has 3 rings (SSSR count). The van der Waals surface area contributed by atoms with Gasteiger partial charge in [0.2, 0.25) is 0 Å². The van der Waals surface area contributed by atoms with Gasteiger partial charge in [-0.05, 0) is 29.8 Å². The lowest BCUT2D eigenvalue weighted by molar-refractivity contribution is -0.132. The molecule has 0 spiro atoms. The van der Waals surface area contributed by atoms with Crippen LogP contribution in [0.5, 0.6) is 0 Å². The third-order valence-electron chi connectivity index (χ3n) is 4.70. The van der Waals surface area contributed by atoms with Crippen LogP contribution >= 0.6 is 0 Å². The predicted octanol–water partition coefficient (Wildman–Crippen LogP) is 3.92. The number of ether oxygens (including phenoxy) is 3. The molecule has 1 aliphatic rings. The third kappa shape index (κ3) is 5.90. The molecule has 0 radical (unpaired) electrons. The molecule has 1 N–H and O–H groups in total. The van der Waals surface area contributed by atoms with Gasteiger partial charge in [-0.1, -0.05) is 30.3 Å². The lowest BCUT2D eigenvalue weighted by Gasteiger charge is -2.26. The van der Waals surface area contributed by atoms with E-state index in [0.29, 0.717) is 5.69 Å². The first-order valence-electron chi connectivity index (χ1n) is 9.29. The zero-order chi connectivity index (χ0) is 21.5. The quantitative estimate of drug-likeness (QED) is 0.647. The van der Waals surface area contributed by atoms with Gasteiger partial charge in [0, 0.05) is 12.1 Å². The molecule has 0 aromatic heterocycles. The molecule has 1 saturated heterocycles. The number of carboxylic acids is 1. The second kappa shape index (κ2) is 10.0. The maximum absolute atomic E-state index is 12.5. The Hall–Kier alpha value is -3.20. The van der Waals surface area contributed by atoms with E-state index < -0.39 is 30.9 Å². The van der Waals surface area contributed by atoms with Gasteiger partial charge in [-0.2, -0.15) is 8.78 Å². The van der Waals surface area contributed by atoms with Gasteiger partial charge in [-0.25, -0.2) is 9.59 Å². The number of benzene rings is 2. The zero-order valence-electron chi connectivity index (χ0n) is 15.9. The van der Waals surface area contributed by atoms with E-state index in [1.54, 1.807) is 17.0 Å². The summed E-state index contributed by atoms with van der Waals surface area (Å²) in [5.74, 6) is -1.07. The molecule has 1 heterocycles. The van der Waals surface area contributed by atoms with E-state index in [2.05, 4.69) is 4.74 Å². The minimum absolute atomic E-state index is 0.0602. The number of hydrogen-bond acceptors (Lipinski definition) is 6. The highest BCUT2D eigenvalue weighted by Gasteiger charge is 2.35. The monoisotopic (exact) mass is 421 g/mol. The molecule has 2 aromatic rings. The van der Waals surface area contributed by atoms with Gasteiger partial charge in [0.25, 0.3) is 0 Å². The SMILES string of the molecule is O=C(OCc1ccccc1)O[C@@H]1C[C@@H](COC(F)F)N(c2ccc(C(=O)O)cc2)C1. The molecule has 0 unspecified atom stereocenters. The number of hydrogen-bond donors (Lipinski definition) is 1. The summed E-state index contributed by atoms with van der Waals surface area (Å²) in [4.78, 5) is 24.8. The summed E-state index contributed by atoms with van der Waals surface area (Å²) >= 11 is 0. The van der Waals surface area contributed by atoms with Crippen LogP contribution in [0.1, 0.15) is 22.3 Å². The Morgan fingerprint density at radius 3 is 2.43 bits per heavy atom. The second-order valence-electron chi connectivity index (χ2n) is 6.75. The summed E-state index contributed by atoms with van der Waals surface area (Å²) in [6.07, 6.45) is -1.16. The highest BCUT2D eigenvalue weighted by Crippen LogP contribution is 2.28. The Bertz CT molecular complexity index is 846. The topological polar surface area (TPSA) is 85.3 Å². The summed E-state index contributed by atoms with van der Waals surface area (Å²) in [6, 6.07) is 14.6. The van der Waals surface area contributed by atoms with Crippen LogP contribution in [0.25, 0.3) is 0 Å². The Balaban J connectivity index is 1.62. The molecular weight excluding hydrogens is 400 g/mol. The van der Waals surface area contributed by atoms with Crippen molar-refractivity contribution < 1.29 is 37.7 Å². The van der Waals surface area contributed by atoms with Gasteiger partial charge >= 0.3 is 18.7 Å². The molecule has 7 nitrogen and oxygen atoms in total. The number of anilines is 1. The number of aromatic carboxylic acids is 1. The number of rotatable bonds is 8. The molecule has 1 aliphatic heterocycles. The van der Waals surface area contributed by atoms with Gasteiger partial charge in [-0.15, -0.1) is 0 Å². The van der Waals surface area contributed by atoms with Crippen molar-refractivity contribution in [3.63, 3.8) is 0 Å². The number of alkyl halides is 2. The normalized spacial score (nSPS) is 18.4. The Morgan fingerprint density at radius 1 is 1.10 bits per heavy atom. The molecule has 2 atom stereocenters. The van der Waals surface area contributed by atoms with Crippen molar-refractivity contribution in [3.05, 3.63) is 65.7 Å². The summed E-state index contributed by atoms with van der Waals surface area (Å²) < 4.78 is 39.9. The van der Waals surface area contributed by atoms with Crippen LogP contribution in [-0.4, -0.2) is 49.1 Å². The van der Waals surface area contributed by atoms with Crippen molar-refractivity contribution in [1.29, 1.82) is 0 Å². The fourth-order valence-electron chi connectivity index (χ4n) is 3.30. The fourth-order valence-corrected chi connectivity index (χ4v) is 3.30. The zero-order valence-corrected chi connectivity index (χ0v) is 15.9. The molecule has 1 fully saturated rings. The van der Waals surface area contributed by atoms with E-state index in [1.807, 2.05) is 30.3 Å². The van der Waals surface area contributed by atoms with Gasteiger partial charge in [0.1, 0.15) is 12.7 Å². The Labute approximate surface area is 171 Å². The highest BCUT2D eigenvalue weighted by molar-refractivity contribution is 5.88. The van der Waals surface area contributed by atoms with E-state index >= 15 is 0 Å². The van der Waals surface area contributed by atoms with Crippen molar-refractivity contribution in [2.45, 2.75) is 31.8 Å². The molecule has 2 aromatic carbocycles. The van der Waals surface area contributed by atoms with Crippen molar-refractivity contribution in [2.75, 3.05) is 18.1 Å². The van der Waals surface area contributed by atoms with Gasteiger partial charge in [0.05, 0.1) is 24.8 Å². The van der Waals surface area contributed by atoms with Crippen molar-refractivity contribution in [2.24, 2.45) is 0 Å². The van der Waals surface area contributed by atoms with Gasteiger partial charge in [0.15, 0.2) is 0 Å². The number of carbonyl (C=O) groups excluding carboxylic acids is 1. The van der Waals surface area contributed by atoms with Crippen LogP contribution < -0.4 is 4.90 Å². The molecule has 30 heavy (non-hydrogen) atoms. The maximum atomic E-state index is 12.5. The lowest BCUT2D eigenvalue weighted by atomic mass is 10.1. The summed E-state index contributed by atoms with van der Waals surface area (Å²) in [7, 11) is 0. The Morgan fingerprint density at radius 2 is 1.80 bits per heavy atom. The van der Waals surface area contributed by atoms with E-state index in [1.165, 1.54) is 12.1 Å². The number of carboxylic acid groups (broad SMARTS) is 1. The van der Waals surface area contributed by atoms with Crippen LogP contribution in [0.2, 0.25) is 0 Å². The van der Waals surface area contributed by atoms with Crippen LogP contribution in [0, 0.1) is 0 Å². The number of carbonyl (C=O) groups is 2. The largest absolute Gasteiger partial charge is 0.508 e. The van der Waals surface area contributed by atoms with E-state index in [0.717, 1.165) is 5.56 Å². The van der Waals surface area contributed by atoms with E-state index in [-0.39, 0.29) is 31.7 Å². The van der Waals surface area contributed by atoms with Crippen molar-refractivity contribution in [1.82, 2.24) is 0 Å². The van der Waals surface area contributed by atoms with Crippen molar-refractivity contribution >= 4 is 17.8 Å². The predicted molar refractivity (Wildman–Crippen MR) is 103 cm³/mol. The van der Waals surface area contributed by atoms with E-state index in [4.69, 9.17) is 14.6 Å². The Kier molecular flexibility index (Phi) is 7.18. The highest BCUT2D eigenvalue weighted by atomic mass is 19.3. The minimum Gasteiger partial charge on any atom is -0.478 e. The molecular formula is C21H21F2NO6. The average molecular weight is 421 g/mol. The smallest absolute Gasteiger partial charge is 0.478 e.